The highest BCUT2D eigenvalue weighted by molar-refractivity contribution is 5.72. The summed E-state index contributed by atoms with van der Waals surface area (Å²) in [4.78, 5) is 13.2. The molecule has 1 aliphatic heterocycles. The van der Waals surface area contributed by atoms with Crippen molar-refractivity contribution in [2.24, 2.45) is 0 Å². The van der Waals surface area contributed by atoms with E-state index in [1.54, 1.807) is 4.90 Å². The van der Waals surface area contributed by atoms with Gasteiger partial charge in [0.25, 0.3) is 0 Å². The van der Waals surface area contributed by atoms with Crippen LogP contribution in [0.5, 0.6) is 0 Å². The minimum atomic E-state index is -0.113. The van der Waals surface area contributed by atoms with E-state index >= 15 is 0 Å². The lowest BCUT2D eigenvalue weighted by molar-refractivity contribution is -0.905. The molecule has 0 aliphatic carbocycles. The first-order valence-corrected chi connectivity index (χ1v) is 6.88. The number of hydrogen-bond acceptors (Lipinski definition) is 2. The number of rotatable bonds is 5. The summed E-state index contributed by atoms with van der Waals surface area (Å²) in [6, 6.07) is 9.75. The Labute approximate surface area is 109 Å². The van der Waals surface area contributed by atoms with Crippen LogP contribution in [0.2, 0.25) is 0 Å². The quantitative estimate of drug-likeness (QED) is 0.783. The summed E-state index contributed by atoms with van der Waals surface area (Å²) in [6.07, 6.45) is 4.37. The Kier molecular flexibility index (Phi) is 5.21. The van der Waals surface area contributed by atoms with E-state index < -0.39 is 0 Å². The molecule has 0 amide bonds. The third-order valence-electron chi connectivity index (χ3n) is 3.47. The van der Waals surface area contributed by atoms with Crippen LogP contribution in [-0.2, 0) is 16.0 Å². The first-order valence-electron chi connectivity index (χ1n) is 6.88. The lowest BCUT2D eigenvalue weighted by Crippen LogP contribution is -3.13. The maximum Gasteiger partial charge on any atom is 0.310 e. The van der Waals surface area contributed by atoms with Gasteiger partial charge in [0.2, 0.25) is 0 Å². The Morgan fingerprint density at radius 3 is 2.56 bits per heavy atom. The monoisotopic (exact) mass is 248 g/mol. The van der Waals surface area contributed by atoms with Crippen LogP contribution in [-0.4, -0.2) is 32.2 Å². The third kappa shape index (κ3) is 4.49. The van der Waals surface area contributed by atoms with Crippen LogP contribution < -0.4 is 4.90 Å². The maximum absolute atomic E-state index is 11.6. The molecular formula is C15H22NO2+. The van der Waals surface area contributed by atoms with E-state index in [9.17, 15) is 4.79 Å². The molecule has 98 valence electrons. The molecule has 0 bridgehead atoms. The zero-order valence-electron chi connectivity index (χ0n) is 10.9. The van der Waals surface area contributed by atoms with Gasteiger partial charge in [0.15, 0.2) is 0 Å². The van der Waals surface area contributed by atoms with Crippen LogP contribution in [0.15, 0.2) is 30.3 Å². The molecule has 1 aromatic carbocycles. The van der Waals surface area contributed by atoms with Gasteiger partial charge in [-0.05, 0) is 24.8 Å². The average Bonchev–Trinajstić information content (AvgIpc) is 2.41. The molecule has 1 aliphatic rings. The number of esters is 1. The fourth-order valence-corrected chi connectivity index (χ4v) is 2.42. The highest BCUT2D eigenvalue weighted by Crippen LogP contribution is 2.00. The SMILES string of the molecule is O=C(Cc1ccccc1)OCC[NH+]1CCCCC1. The van der Waals surface area contributed by atoms with Crippen molar-refractivity contribution < 1.29 is 14.4 Å². The molecule has 0 atom stereocenters. The van der Waals surface area contributed by atoms with Gasteiger partial charge >= 0.3 is 5.97 Å². The Morgan fingerprint density at radius 1 is 1.11 bits per heavy atom. The van der Waals surface area contributed by atoms with Crippen molar-refractivity contribution in [1.82, 2.24) is 0 Å². The van der Waals surface area contributed by atoms with E-state index in [1.807, 2.05) is 30.3 Å². The summed E-state index contributed by atoms with van der Waals surface area (Å²) in [5.41, 5.74) is 1.02. The Hall–Kier alpha value is -1.35. The zero-order valence-corrected chi connectivity index (χ0v) is 10.9. The van der Waals surface area contributed by atoms with E-state index in [2.05, 4.69) is 0 Å². The van der Waals surface area contributed by atoms with Crippen molar-refractivity contribution in [3.63, 3.8) is 0 Å². The number of carbonyl (C=O) groups excluding carboxylic acids is 1. The molecule has 2 rings (SSSR count). The standard InChI is InChI=1S/C15H21NO2/c17-15(13-14-7-3-1-4-8-14)18-12-11-16-9-5-2-6-10-16/h1,3-4,7-8H,2,5-6,9-13H2/p+1. The van der Waals surface area contributed by atoms with Gasteiger partial charge < -0.3 is 9.64 Å². The van der Waals surface area contributed by atoms with Crippen LogP contribution >= 0.6 is 0 Å². The second-order valence-corrected chi connectivity index (χ2v) is 4.94. The Balaban J connectivity index is 1.62. The van der Waals surface area contributed by atoms with Crippen molar-refractivity contribution in [3.8, 4) is 0 Å². The fourth-order valence-electron chi connectivity index (χ4n) is 2.42. The van der Waals surface area contributed by atoms with Crippen molar-refractivity contribution in [3.05, 3.63) is 35.9 Å². The van der Waals surface area contributed by atoms with E-state index in [-0.39, 0.29) is 5.97 Å². The third-order valence-corrected chi connectivity index (χ3v) is 3.47. The maximum atomic E-state index is 11.6. The number of likely N-dealkylation sites (tertiary alicyclic amines) is 1. The van der Waals surface area contributed by atoms with Crippen molar-refractivity contribution in [2.45, 2.75) is 25.7 Å². The molecule has 0 aromatic heterocycles. The molecule has 1 fully saturated rings. The Bertz CT molecular complexity index is 358. The van der Waals surface area contributed by atoms with Crippen molar-refractivity contribution in [2.75, 3.05) is 26.2 Å². The molecular weight excluding hydrogens is 226 g/mol. The molecule has 1 N–H and O–H groups in total. The van der Waals surface area contributed by atoms with E-state index in [0.717, 1.165) is 12.1 Å². The summed E-state index contributed by atoms with van der Waals surface area (Å²) in [5.74, 6) is -0.113. The molecule has 0 spiro atoms. The minimum absolute atomic E-state index is 0.113. The molecule has 0 unspecified atom stereocenters. The second-order valence-electron chi connectivity index (χ2n) is 4.94. The number of nitrogens with one attached hydrogen (secondary N) is 1. The van der Waals surface area contributed by atoms with Crippen LogP contribution in [0.1, 0.15) is 24.8 Å². The van der Waals surface area contributed by atoms with E-state index in [4.69, 9.17) is 4.74 Å². The Morgan fingerprint density at radius 2 is 1.83 bits per heavy atom. The highest BCUT2D eigenvalue weighted by atomic mass is 16.5. The number of piperidine rings is 1. The molecule has 0 saturated carbocycles. The van der Waals surface area contributed by atoms with Gasteiger partial charge in [0, 0.05) is 0 Å². The van der Waals surface area contributed by atoms with Crippen LogP contribution in [0.4, 0.5) is 0 Å². The number of carbonyl (C=O) groups is 1. The summed E-state index contributed by atoms with van der Waals surface area (Å²) in [7, 11) is 0. The first-order chi connectivity index (χ1) is 8.84. The molecule has 1 aromatic rings. The summed E-state index contributed by atoms with van der Waals surface area (Å²) in [6.45, 7) is 3.98. The van der Waals surface area contributed by atoms with Gasteiger partial charge in [-0.15, -0.1) is 0 Å². The normalized spacial score (nSPS) is 16.4. The van der Waals surface area contributed by atoms with Crippen molar-refractivity contribution in [1.29, 1.82) is 0 Å². The molecule has 0 radical (unpaired) electrons. The first kappa shape index (κ1) is 13.1. The van der Waals surface area contributed by atoms with Crippen LogP contribution in [0.3, 0.4) is 0 Å². The topological polar surface area (TPSA) is 30.7 Å². The molecule has 1 saturated heterocycles. The highest BCUT2D eigenvalue weighted by Gasteiger charge is 2.13. The molecule has 18 heavy (non-hydrogen) atoms. The predicted molar refractivity (Wildman–Crippen MR) is 70.5 cm³/mol. The molecule has 1 heterocycles. The summed E-state index contributed by atoms with van der Waals surface area (Å²) >= 11 is 0. The fraction of sp³-hybridized carbons (Fsp3) is 0.533. The second kappa shape index (κ2) is 7.17. The van der Waals surface area contributed by atoms with Gasteiger partial charge in [-0.2, -0.15) is 0 Å². The summed E-state index contributed by atoms with van der Waals surface area (Å²) < 4.78 is 5.29. The van der Waals surface area contributed by atoms with Gasteiger partial charge in [0.1, 0.15) is 13.2 Å². The number of benzene rings is 1. The lowest BCUT2D eigenvalue weighted by Gasteiger charge is -2.23. The number of quaternary nitrogens is 1. The van der Waals surface area contributed by atoms with Gasteiger partial charge in [-0.1, -0.05) is 30.3 Å². The predicted octanol–water partition coefficient (Wildman–Crippen LogP) is 0.841. The lowest BCUT2D eigenvalue weighted by atomic mass is 10.1. The van der Waals surface area contributed by atoms with Crippen LogP contribution in [0.25, 0.3) is 0 Å². The van der Waals surface area contributed by atoms with Crippen molar-refractivity contribution >= 4 is 5.97 Å². The smallest absolute Gasteiger partial charge is 0.310 e. The van der Waals surface area contributed by atoms with Gasteiger partial charge in [0.05, 0.1) is 19.5 Å². The average molecular weight is 248 g/mol. The zero-order chi connectivity index (χ0) is 12.6. The summed E-state index contributed by atoms with van der Waals surface area (Å²) in [5, 5.41) is 0. The minimum Gasteiger partial charge on any atom is -0.459 e. The molecule has 3 nitrogen and oxygen atoms in total. The van der Waals surface area contributed by atoms with Gasteiger partial charge in [-0.25, -0.2) is 0 Å². The number of ether oxygens (including phenoxy) is 1. The van der Waals surface area contributed by atoms with Gasteiger partial charge in [-0.3, -0.25) is 4.79 Å². The largest absolute Gasteiger partial charge is 0.459 e. The number of hydrogen-bond donors (Lipinski definition) is 1. The molecule has 3 heteroatoms. The van der Waals surface area contributed by atoms with Crippen LogP contribution in [0, 0.1) is 0 Å². The van der Waals surface area contributed by atoms with E-state index in [0.29, 0.717) is 13.0 Å². The van der Waals surface area contributed by atoms with E-state index in [1.165, 1.54) is 32.4 Å².